The zero-order valence-corrected chi connectivity index (χ0v) is 10.5. The monoisotopic (exact) mass is 284 g/mol. The largest absolute Gasteiger partial charge is 0.368 e. The van der Waals surface area contributed by atoms with Gasteiger partial charge in [-0.25, -0.2) is 0 Å². The third-order valence-corrected chi connectivity index (χ3v) is 2.60. The molecule has 16 heavy (non-hydrogen) atoms. The fraction of sp³-hybridized carbons (Fsp3) is 0.273. The fourth-order valence-corrected chi connectivity index (χ4v) is 1.59. The molecule has 0 unspecified atom stereocenters. The lowest BCUT2D eigenvalue weighted by molar-refractivity contribution is -0.126. The first-order chi connectivity index (χ1) is 7.49. The lowest BCUT2D eigenvalue weighted by atomic mass is 10.1. The minimum Gasteiger partial charge on any atom is -0.368 e. The van der Waals surface area contributed by atoms with Crippen molar-refractivity contribution in [3.8, 4) is 0 Å². The first-order valence-corrected chi connectivity index (χ1v) is 5.59. The third-order valence-electron chi connectivity index (χ3n) is 2.07. The molecule has 1 aromatic rings. The molecule has 2 amide bonds. The van der Waals surface area contributed by atoms with Gasteiger partial charge in [-0.3, -0.25) is 9.59 Å². The van der Waals surface area contributed by atoms with E-state index in [1.54, 1.807) is 0 Å². The van der Waals surface area contributed by atoms with E-state index in [1.807, 2.05) is 24.3 Å². The van der Waals surface area contributed by atoms with E-state index in [-0.39, 0.29) is 5.91 Å². The maximum absolute atomic E-state index is 11.1. The Kier molecular flexibility index (Phi) is 4.49. The number of carbonyl (C=O) groups excluding carboxylic acids is 2. The molecular formula is C11H13BrN2O2. The molecule has 1 rings (SSSR count). The van der Waals surface area contributed by atoms with Crippen LogP contribution in [0, 0.1) is 0 Å². The summed E-state index contributed by atoms with van der Waals surface area (Å²) in [7, 11) is 0. The molecule has 3 N–H and O–H groups in total. The van der Waals surface area contributed by atoms with Crippen LogP contribution in [0.4, 0.5) is 0 Å². The molecule has 4 nitrogen and oxygen atoms in total. The molecule has 0 aliphatic rings. The van der Waals surface area contributed by atoms with E-state index in [1.165, 1.54) is 6.92 Å². The van der Waals surface area contributed by atoms with Crippen LogP contribution in [0.2, 0.25) is 0 Å². The topological polar surface area (TPSA) is 72.2 Å². The highest BCUT2D eigenvalue weighted by atomic mass is 79.9. The Morgan fingerprint density at radius 3 is 2.38 bits per heavy atom. The van der Waals surface area contributed by atoms with Gasteiger partial charge in [-0.05, 0) is 17.7 Å². The summed E-state index contributed by atoms with van der Waals surface area (Å²) >= 11 is 3.32. The Hall–Kier alpha value is -1.36. The molecule has 0 saturated heterocycles. The van der Waals surface area contributed by atoms with E-state index in [0.29, 0.717) is 6.42 Å². The smallest absolute Gasteiger partial charge is 0.240 e. The number of benzene rings is 1. The van der Waals surface area contributed by atoms with E-state index in [2.05, 4.69) is 21.2 Å². The van der Waals surface area contributed by atoms with Crippen LogP contribution in [-0.2, 0) is 16.0 Å². The van der Waals surface area contributed by atoms with Crippen LogP contribution < -0.4 is 11.1 Å². The van der Waals surface area contributed by atoms with Gasteiger partial charge in [0.2, 0.25) is 11.8 Å². The predicted octanol–water partition coefficient (Wildman–Crippen LogP) is 0.982. The number of rotatable bonds is 4. The molecular weight excluding hydrogens is 272 g/mol. The fourth-order valence-electron chi connectivity index (χ4n) is 1.32. The SMILES string of the molecule is CC(=O)N[C@@H](Cc1ccc(Br)cc1)C(N)=O. The summed E-state index contributed by atoms with van der Waals surface area (Å²) < 4.78 is 0.964. The molecule has 0 aromatic heterocycles. The second-order valence-corrected chi connectivity index (χ2v) is 4.40. The number of primary amides is 1. The minimum absolute atomic E-state index is 0.263. The van der Waals surface area contributed by atoms with Gasteiger partial charge in [0.1, 0.15) is 6.04 Å². The van der Waals surface area contributed by atoms with Crippen molar-refractivity contribution in [1.82, 2.24) is 5.32 Å². The van der Waals surface area contributed by atoms with Crippen LogP contribution in [0.5, 0.6) is 0 Å². The van der Waals surface area contributed by atoms with Crippen LogP contribution >= 0.6 is 15.9 Å². The molecule has 0 spiro atoms. The summed E-state index contributed by atoms with van der Waals surface area (Å²) in [5, 5.41) is 2.52. The van der Waals surface area contributed by atoms with Crippen molar-refractivity contribution in [2.45, 2.75) is 19.4 Å². The summed E-state index contributed by atoms with van der Waals surface area (Å²) in [5.41, 5.74) is 6.14. The molecule has 5 heteroatoms. The van der Waals surface area contributed by atoms with Crippen molar-refractivity contribution in [2.24, 2.45) is 5.73 Å². The van der Waals surface area contributed by atoms with Crippen LogP contribution in [0.25, 0.3) is 0 Å². The molecule has 0 radical (unpaired) electrons. The van der Waals surface area contributed by atoms with Crippen LogP contribution in [0.15, 0.2) is 28.7 Å². The van der Waals surface area contributed by atoms with Crippen molar-refractivity contribution < 1.29 is 9.59 Å². The summed E-state index contributed by atoms with van der Waals surface area (Å²) in [6.07, 6.45) is 0.405. The van der Waals surface area contributed by atoms with Gasteiger partial charge in [-0.2, -0.15) is 0 Å². The number of hydrogen-bond donors (Lipinski definition) is 2. The van der Waals surface area contributed by atoms with E-state index in [9.17, 15) is 9.59 Å². The maximum atomic E-state index is 11.1. The first-order valence-electron chi connectivity index (χ1n) is 4.80. The van der Waals surface area contributed by atoms with Crippen molar-refractivity contribution in [2.75, 3.05) is 0 Å². The lowest BCUT2D eigenvalue weighted by Crippen LogP contribution is -2.44. The second-order valence-electron chi connectivity index (χ2n) is 3.49. The lowest BCUT2D eigenvalue weighted by Gasteiger charge is -2.14. The Labute approximate surface area is 102 Å². The number of hydrogen-bond acceptors (Lipinski definition) is 2. The Morgan fingerprint density at radius 1 is 1.38 bits per heavy atom. The highest BCUT2D eigenvalue weighted by molar-refractivity contribution is 9.10. The average Bonchev–Trinajstić information content (AvgIpc) is 2.19. The van der Waals surface area contributed by atoms with Crippen LogP contribution in [0.1, 0.15) is 12.5 Å². The molecule has 0 heterocycles. The molecule has 0 saturated carbocycles. The molecule has 0 aliphatic heterocycles. The summed E-state index contributed by atoms with van der Waals surface area (Å²) in [6.45, 7) is 1.36. The van der Waals surface area contributed by atoms with Crippen molar-refractivity contribution in [1.29, 1.82) is 0 Å². The Morgan fingerprint density at radius 2 is 1.94 bits per heavy atom. The molecule has 86 valence electrons. The quantitative estimate of drug-likeness (QED) is 0.865. The first kappa shape index (κ1) is 12.7. The van der Waals surface area contributed by atoms with Crippen molar-refractivity contribution in [3.63, 3.8) is 0 Å². The molecule has 0 bridgehead atoms. The van der Waals surface area contributed by atoms with E-state index in [0.717, 1.165) is 10.0 Å². The Balaban J connectivity index is 2.71. The van der Waals surface area contributed by atoms with Gasteiger partial charge in [0, 0.05) is 17.8 Å². The molecule has 1 aromatic carbocycles. The normalized spacial score (nSPS) is 11.9. The van der Waals surface area contributed by atoms with Crippen LogP contribution in [0.3, 0.4) is 0 Å². The highest BCUT2D eigenvalue weighted by Gasteiger charge is 2.16. The molecule has 1 atom stereocenters. The van der Waals surface area contributed by atoms with Gasteiger partial charge >= 0.3 is 0 Å². The molecule has 0 fully saturated rings. The standard InChI is InChI=1S/C11H13BrN2O2/c1-7(15)14-10(11(13)16)6-8-2-4-9(12)5-3-8/h2-5,10H,6H2,1H3,(H2,13,16)(H,14,15)/t10-/m0/s1. The number of nitrogens with two attached hydrogens (primary N) is 1. The summed E-state index contributed by atoms with van der Waals surface area (Å²) in [4.78, 5) is 22.0. The Bertz CT molecular complexity index is 389. The van der Waals surface area contributed by atoms with Gasteiger partial charge < -0.3 is 11.1 Å². The van der Waals surface area contributed by atoms with Gasteiger partial charge in [0.15, 0.2) is 0 Å². The van der Waals surface area contributed by atoms with Crippen molar-refractivity contribution in [3.05, 3.63) is 34.3 Å². The number of carbonyl (C=O) groups is 2. The number of amides is 2. The third kappa shape index (κ3) is 4.02. The average molecular weight is 285 g/mol. The van der Waals surface area contributed by atoms with Crippen LogP contribution in [-0.4, -0.2) is 17.9 Å². The predicted molar refractivity (Wildman–Crippen MR) is 64.6 cm³/mol. The van der Waals surface area contributed by atoms with Gasteiger partial charge in [0.05, 0.1) is 0 Å². The van der Waals surface area contributed by atoms with E-state index < -0.39 is 11.9 Å². The van der Waals surface area contributed by atoms with E-state index >= 15 is 0 Å². The summed E-state index contributed by atoms with van der Waals surface area (Å²) in [5.74, 6) is -0.793. The number of nitrogens with one attached hydrogen (secondary N) is 1. The zero-order chi connectivity index (χ0) is 12.1. The number of halogens is 1. The molecule has 0 aliphatic carbocycles. The van der Waals surface area contributed by atoms with Gasteiger partial charge in [-0.15, -0.1) is 0 Å². The zero-order valence-electron chi connectivity index (χ0n) is 8.87. The summed E-state index contributed by atoms with van der Waals surface area (Å²) in [6, 6.07) is 6.85. The van der Waals surface area contributed by atoms with E-state index in [4.69, 9.17) is 5.73 Å². The maximum Gasteiger partial charge on any atom is 0.240 e. The van der Waals surface area contributed by atoms with Gasteiger partial charge in [0.25, 0.3) is 0 Å². The highest BCUT2D eigenvalue weighted by Crippen LogP contribution is 2.11. The minimum atomic E-state index is -0.654. The van der Waals surface area contributed by atoms with Crippen molar-refractivity contribution >= 4 is 27.7 Å². The van der Waals surface area contributed by atoms with Gasteiger partial charge in [-0.1, -0.05) is 28.1 Å². The second kappa shape index (κ2) is 5.65.